The van der Waals surface area contributed by atoms with Gasteiger partial charge in [-0.3, -0.25) is 0 Å². The Bertz CT molecular complexity index is 3430. The Labute approximate surface area is 357 Å². The molecule has 10 aromatic rings. The minimum Gasteiger partial charge on any atom is -0.310 e. The zero-order valence-electron chi connectivity index (χ0n) is 35.4. The van der Waals surface area contributed by atoms with Crippen LogP contribution < -0.4 is 4.90 Å². The Hall–Kier alpha value is -7.21. The Morgan fingerprint density at radius 1 is 0.344 bits per heavy atom. The molecule has 2 aliphatic carbocycles. The first-order chi connectivity index (χ1) is 29.5. The summed E-state index contributed by atoms with van der Waals surface area (Å²) in [5.74, 6) is 0. The van der Waals surface area contributed by atoms with Crippen LogP contribution >= 0.6 is 0 Å². The number of nitrogens with zero attached hydrogens (tertiary/aromatic N) is 2. The summed E-state index contributed by atoms with van der Waals surface area (Å²) in [5, 5.41) is 20.0. The van der Waals surface area contributed by atoms with E-state index in [4.69, 9.17) is 0 Å². The highest BCUT2D eigenvalue weighted by atomic mass is 15.1. The molecule has 0 fully saturated rings. The molecule has 0 spiro atoms. The van der Waals surface area contributed by atoms with Crippen LogP contribution in [0.5, 0.6) is 0 Å². The van der Waals surface area contributed by atoms with Gasteiger partial charge in [0.25, 0.3) is 0 Å². The Balaban J connectivity index is 1.01. The number of nitriles is 1. The van der Waals surface area contributed by atoms with E-state index in [2.05, 4.69) is 198 Å². The first kappa shape index (κ1) is 35.7. The van der Waals surface area contributed by atoms with Crippen LogP contribution in [0.15, 0.2) is 158 Å². The van der Waals surface area contributed by atoms with Gasteiger partial charge in [-0.25, -0.2) is 0 Å². The summed E-state index contributed by atoms with van der Waals surface area (Å²) in [6.07, 6.45) is 0. The van der Waals surface area contributed by atoms with Gasteiger partial charge in [0.15, 0.2) is 0 Å². The molecule has 0 saturated heterocycles. The molecule has 2 nitrogen and oxygen atoms in total. The van der Waals surface area contributed by atoms with E-state index in [1.165, 1.54) is 98.7 Å². The van der Waals surface area contributed by atoms with Crippen molar-refractivity contribution in [1.82, 2.24) is 0 Å². The van der Waals surface area contributed by atoms with Crippen molar-refractivity contribution in [2.24, 2.45) is 0 Å². The van der Waals surface area contributed by atoms with Crippen molar-refractivity contribution in [3.63, 3.8) is 0 Å². The average Bonchev–Trinajstić information content (AvgIpc) is 3.77. The van der Waals surface area contributed by atoms with Crippen LogP contribution in [0.25, 0.3) is 98.7 Å². The van der Waals surface area contributed by atoms with Gasteiger partial charge < -0.3 is 4.90 Å². The summed E-state index contributed by atoms with van der Waals surface area (Å²) in [7, 11) is 0. The van der Waals surface area contributed by atoms with E-state index in [0.29, 0.717) is 5.56 Å². The van der Waals surface area contributed by atoms with Crippen LogP contribution in [0.3, 0.4) is 0 Å². The largest absolute Gasteiger partial charge is 0.310 e. The second kappa shape index (κ2) is 12.4. The van der Waals surface area contributed by atoms with Crippen molar-refractivity contribution in [2.75, 3.05) is 4.90 Å². The van der Waals surface area contributed by atoms with E-state index >= 15 is 0 Å². The van der Waals surface area contributed by atoms with Crippen LogP contribution in [-0.4, -0.2) is 0 Å². The third-order valence-electron chi connectivity index (χ3n) is 13.7. The fourth-order valence-corrected chi connectivity index (χ4v) is 10.5. The molecule has 0 aliphatic heterocycles. The lowest BCUT2D eigenvalue weighted by molar-refractivity contribution is 0.590. The lowest BCUT2D eigenvalue weighted by Crippen LogP contribution is -2.14. The van der Waals surface area contributed by atoms with Crippen molar-refractivity contribution in [1.29, 1.82) is 5.26 Å². The van der Waals surface area contributed by atoms with Gasteiger partial charge in [-0.1, -0.05) is 145 Å². The molecule has 0 bridgehead atoms. The molecule has 2 aliphatic rings. The zero-order chi connectivity index (χ0) is 41.5. The van der Waals surface area contributed by atoms with E-state index in [0.717, 1.165) is 28.2 Å². The standard InChI is InChI=1S/C59H44N2/c1-58(2,3)37-12-16-39(17-13-37)61(40-18-14-38(15-19-40)59(4,5)6)41-20-22-43-45-24-26-47-48-27-29-50-52-31-36(35-9-7-34(33-60)8-10-35)11-21-42(52)44-23-25-46(56(48)54(44)50)49-28-30-51(53(43)32-41)55(45)57(47)49/h7-32H,1-6H3. The van der Waals surface area contributed by atoms with Crippen molar-refractivity contribution in [3.05, 3.63) is 174 Å². The fourth-order valence-electron chi connectivity index (χ4n) is 10.5. The van der Waals surface area contributed by atoms with E-state index in [9.17, 15) is 5.26 Å². The van der Waals surface area contributed by atoms with Gasteiger partial charge in [0.05, 0.1) is 11.6 Å². The van der Waals surface area contributed by atoms with E-state index < -0.39 is 0 Å². The Morgan fingerprint density at radius 3 is 1.16 bits per heavy atom. The number of benzene rings is 10. The van der Waals surface area contributed by atoms with Gasteiger partial charge in [-0.15, -0.1) is 0 Å². The van der Waals surface area contributed by atoms with Gasteiger partial charge >= 0.3 is 0 Å². The number of rotatable bonds is 4. The third-order valence-corrected chi connectivity index (χ3v) is 13.7. The fraction of sp³-hybridized carbons (Fsp3) is 0.136. The summed E-state index contributed by atoms with van der Waals surface area (Å²) >= 11 is 0. The quantitative estimate of drug-likeness (QED) is 0.131. The minimum absolute atomic E-state index is 0.0753. The van der Waals surface area contributed by atoms with Gasteiger partial charge in [0, 0.05) is 17.1 Å². The molecule has 10 aromatic carbocycles. The maximum atomic E-state index is 9.36. The highest BCUT2D eigenvalue weighted by Crippen LogP contribution is 2.56. The molecule has 12 rings (SSSR count). The molecule has 290 valence electrons. The van der Waals surface area contributed by atoms with Crippen molar-refractivity contribution < 1.29 is 0 Å². The van der Waals surface area contributed by atoms with Crippen LogP contribution in [0.4, 0.5) is 17.1 Å². The highest BCUT2D eigenvalue weighted by Gasteiger charge is 2.29. The summed E-state index contributed by atoms with van der Waals surface area (Å²) in [6.45, 7) is 13.7. The topological polar surface area (TPSA) is 27.0 Å². The second-order valence-corrected chi connectivity index (χ2v) is 19.3. The molecule has 0 unspecified atom stereocenters. The van der Waals surface area contributed by atoms with Crippen molar-refractivity contribution in [2.45, 2.75) is 52.4 Å². The summed E-state index contributed by atoms with van der Waals surface area (Å²) in [6, 6.07) is 61.3. The lowest BCUT2D eigenvalue weighted by atomic mass is 9.86. The predicted molar refractivity (Wildman–Crippen MR) is 259 cm³/mol. The molecule has 0 heterocycles. The second-order valence-electron chi connectivity index (χ2n) is 19.3. The average molecular weight is 781 g/mol. The number of fused-ring (bicyclic) bond motifs is 8. The maximum absolute atomic E-state index is 9.36. The van der Waals surface area contributed by atoms with Gasteiger partial charge in [-0.05, 0) is 175 Å². The summed E-state index contributed by atoms with van der Waals surface area (Å²) < 4.78 is 0. The Morgan fingerprint density at radius 2 is 0.721 bits per heavy atom. The monoisotopic (exact) mass is 780 g/mol. The van der Waals surface area contributed by atoms with Gasteiger partial charge in [0.2, 0.25) is 0 Å². The number of hydrogen-bond acceptors (Lipinski definition) is 2. The van der Waals surface area contributed by atoms with Crippen LogP contribution in [-0.2, 0) is 10.8 Å². The molecule has 0 N–H and O–H groups in total. The molecule has 61 heavy (non-hydrogen) atoms. The van der Waals surface area contributed by atoms with Crippen LogP contribution in [0, 0.1) is 11.3 Å². The van der Waals surface area contributed by atoms with Crippen molar-refractivity contribution >= 4 is 60.2 Å². The highest BCUT2D eigenvalue weighted by molar-refractivity contribution is 6.40. The Kier molecular flexibility index (Phi) is 7.27. The molecule has 2 heteroatoms. The molecular formula is C59H44N2. The van der Waals surface area contributed by atoms with Gasteiger partial charge in [-0.2, -0.15) is 5.26 Å². The first-order valence-corrected chi connectivity index (χ1v) is 21.5. The van der Waals surface area contributed by atoms with Crippen molar-refractivity contribution in [3.8, 4) is 61.7 Å². The molecular weight excluding hydrogens is 737 g/mol. The molecule has 0 atom stereocenters. The van der Waals surface area contributed by atoms with E-state index in [-0.39, 0.29) is 10.8 Å². The predicted octanol–water partition coefficient (Wildman–Crippen LogP) is 16.6. The zero-order valence-corrected chi connectivity index (χ0v) is 35.4. The molecule has 0 radical (unpaired) electrons. The molecule has 0 aromatic heterocycles. The van der Waals surface area contributed by atoms with Crippen LogP contribution in [0.2, 0.25) is 0 Å². The third kappa shape index (κ3) is 5.14. The normalized spacial score (nSPS) is 12.7. The van der Waals surface area contributed by atoms with E-state index in [1.807, 2.05) is 12.1 Å². The SMILES string of the molecule is CC(C)(C)c1ccc(N(c2ccc(C(C)(C)C)cc2)c2ccc3c(c2)-c2ccc4c5ccc6c7c(ccc(c8ccc-3c2c84)c75)-c2cc(-c3ccc(C#N)cc3)ccc2-6)cc1. The first-order valence-electron chi connectivity index (χ1n) is 21.5. The number of hydrogen-bond donors (Lipinski definition) is 0. The number of anilines is 3. The molecule has 0 saturated carbocycles. The minimum atomic E-state index is 0.0753. The smallest absolute Gasteiger partial charge is 0.0991 e. The maximum Gasteiger partial charge on any atom is 0.0991 e. The molecule has 0 amide bonds. The lowest BCUT2D eigenvalue weighted by Gasteiger charge is -2.28. The van der Waals surface area contributed by atoms with Gasteiger partial charge in [0.1, 0.15) is 0 Å². The van der Waals surface area contributed by atoms with E-state index in [1.54, 1.807) is 0 Å². The summed E-state index contributed by atoms with van der Waals surface area (Å²) in [4.78, 5) is 2.42. The summed E-state index contributed by atoms with van der Waals surface area (Å²) in [5.41, 5.74) is 19.6. The van der Waals surface area contributed by atoms with Crippen LogP contribution in [0.1, 0.15) is 58.2 Å².